The van der Waals surface area contributed by atoms with Crippen LogP contribution in [0.4, 0.5) is 5.82 Å². The van der Waals surface area contributed by atoms with Gasteiger partial charge in [0, 0.05) is 31.4 Å². The number of anilines is 1. The van der Waals surface area contributed by atoms with E-state index in [9.17, 15) is 15.3 Å². The maximum absolute atomic E-state index is 12.9. The van der Waals surface area contributed by atoms with E-state index in [1.165, 1.54) is 4.57 Å². The number of rotatable bonds is 6. The Bertz CT molecular complexity index is 1720. The van der Waals surface area contributed by atoms with Gasteiger partial charge in [0.15, 0.2) is 11.5 Å². The van der Waals surface area contributed by atoms with Gasteiger partial charge in [0.2, 0.25) is 0 Å². The van der Waals surface area contributed by atoms with Crippen LogP contribution >= 0.6 is 11.6 Å². The predicted molar refractivity (Wildman–Crippen MR) is 137 cm³/mol. The lowest BCUT2D eigenvalue weighted by atomic mass is 10.1. The molecule has 0 saturated heterocycles. The standard InChI is InChI=1S/C25H23ClN8O2/c1-14(2)11-33-24-20(23(31-36)29-25(33)35)22(19-9-15(10-27)12-32(19)3)34(30-24)13-16-7-8-28-21-17(16)5-4-6-18(21)26/h4-9,12,14,36H,11,13H2,1-3H3,(H,29,31,35). The Morgan fingerprint density at radius 1 is 1.28 bits per heavy atom. The number of fused-ring (bicyclic) bond motifs is 2. The van der Waals surface area contributed by atoms with Crippen molar-refractivity contribution in [1.82, 2.24) is 28.9 Å². The van der Waals surface area contributed by atoms with E-state index in [1.54, 1.807) is 29.2 Å². The third-order valence-corrected chi connectivity index (χ3v) is 6.33. The van der Waals surface area contributed by atoms with E-state index < -0.39 is 5.69 Å². The normalized spacial score (nSPS) is 11.5. The second kappa shape index (κ2) is 9.11. The molecular weight excluding hydrogens is 480 g/mol. The number of nitriles is 1. The zero-order chi connectivity index (χ0) is 25.6. The lowest BCUT2D eigenvalue weighted by molar-refractivity contribution is 0.386. The molecule has 2 N–H and O–H groups in total. The Morgan fingerprint density at radius 3 is 2.78 bits per heavy atom. The lowest BCUT2D eigenvalue weighted by Crippen LogP contribution is -2.26. The minimum atomic E-state index is -0.519. The number of aromatic nitrogens is 6. The molecule has 4 heterocycles. The number of aryl methyl sites for hydroxylation is 1. The number of benzene rings is 1. The van der Waals surface area contributed by atoms with E-state index in [4.69, 9.17) is 16.7 Å². The average Bonchev–Trinajstić information content (AvgIpc) is 3.41. The van der Waals surface area contributed by atoms with Gasteiger partial charge in [-0.05, 0) is 29.7 Å². The van der Waals surface area contributed by atoms with Gasteiger partial charge in [0.25, 0.3) is 0 Å². The van der Waals surface area contributed by atoms with Crippen molar-refractivity contribution in [2.45, 2.75) is 26.9 Å². The van der Waals surface area contributed by atoms with Crippen LogP contribution in [0, 0.1) is 17.2 Å². The maximum atomic E-state index is 12.9. The minimum Gasteiger partial charge on any atom is -0.348 e. The van der Waals surface area contributed by atoms with Crippen LogP contribution in [-0.4, -0.2) is 34.1 Å². The number of hydrogen-bond acceptors (Lipinski definition) is 7. The van der Waals surface area contributed by atoms with Crippen LogP contribution in [0.25, 0.3) is 33.3 Å². The molecule has 0 bridgehead atoms. The Morgan fingerprint density at radius 2 is 2.08 bits per heavy atom. The molecule has 0 radical (unpaired) electrons. The molecule has 0 fully saturated rings. The second-order valence-corrected chi connectivity index (χ2v) is 9.41. The zero-order valence-electron chi connectivity index (χ0n) is 19.9. The number of nitrogens with zero attached hydrogens (tertiary/aromatic N) is 7. The van der Waals surface area contributed by atoms with Crippen molar-refractivity contribution in [2.24, 2.45) is 13.0 Å². The number of pyridine rings is 1. The molecule has 4 aromatic heterocycles. The molecule has 0 atom stereocenters. The van der Waals surface area contributed by atoms with Gasteiger partial charge in [-0.2, -0.15) is 15.3 Å². The largest absolute Gasteiger partial charge is 0.351 e. The Balaban J connectivity index is 1.85. The third kappa shape index (κ3) is 3.88. The molecule has 0 saturated carbocycles. The molecule has 11 heteroatoms. The summed E-state index contributed by atoms with van der Waals surface area (Å²) in [4.78, 5) is 21.4. The van der Waals surface area contributed by atoms with Crippen molar-refractivity contribution < 1.29 is 5.21 Å². The summed E-state index contributed by atoms with van der Waals surface area (Å²) < 4.78 is 5.08. The zero-order valence-corrected chi connectivity index (χ0v) is 20.7. The van der Waals surface area contributed by atoms with Gasteiger partial charge < -0.3 is 4.57 Å². The molecule has 0 spiro atoms. The SMILES string of the molecule is CC(C)Cn1c(=O)nc(NO)c2c(-c3cc(C#N)cn3C)n(Cc3ccnc4c(Cl)cccc34)nc21. The highest BCUT2D eigenvalue weighted by Crippen LogP contribution is 2.34. The predicted octanol–water partition coefficient (Wildman–Crippen LogP) is 4.18. The van der Waals surface area contributed by atoms with Crippen LogP contribution in [0.1, 0.15) is 25.0 Å². The quantitative estimate of drug-likeness (QED) is 0.333. The van der Waals surface area contributed by atoms with Crippen molar-refractivity contribution in [2.75, 3.05) is 5.48 Å². The smallest absolute Gasteiger partial charge is 0.348 e. The molecule has 0 amide bonds. The summed E-state index contributed by atoms with van der Waals surface area (Å²) in [5.74, 6) is 0.152. The molecule has 5 rings (SSSR count). The van der Waals surface area contributed by atoms with Crippen molar-refractivity contribution in [1.29, 1.82) is 5.26 Å². The Hall–Kier alpha value is -4.20. The summed E-state index contributed by atoms with van der Waals surface area (Å²) in [6.07, 6.45) is 3.41. The van der Waals surface area contributed by atoms with Gasteiger partial charge in [-0.15, -0.1) is 0 Å². The van der Waals surface area contributed by atoms with Crippen molar-refractivity contribution >= 4 is 39.4 Å². The molecule has 1 aromatic carbocycles. The summed E-state index contributed by atoms with van der Waals surface area (Å²) in [7, 11) is 1.82. The fourth-order valence-electron chi connectivity index (χ4n) is 4.50. The van der Waals surface area contributed by atoms with Crippen LogP contribution in [0.5, 0.6) is 0 Å². The van der Waals surface area contributed by atoms with E-state index in [0.717, 1.165) is 10.9 Å². The first-order chi connectivity index (χ1) is 17.3. The average molecular weight is 503 g/mol. The first-order valence-corrected chi connectivity index (χ1v) is 11.7. The Labute approximate surface area is 211 Å². The number of para-hydroxylation sites is 1. The highest BCUT2D eigenvalue weighted by Gasteiger charge is 2.25. The number of nitrogens with one attached hydrogen (secondary N) is 1. The molecular formula is C25H23ClN8O2. The topological polar surface area (TPSA) is 127 Å². The fourth-order valence-corrected chi connectivity index (χ4v) is 4.72. The van der Waals surface area contributed by atoms with E-state index in [0.29, 0.717) is 51.6 Å². The third-order valence-electron chi connectivity index (χ3n) is 6.03. The minimum absolute atomic E-state index is 0.00130. The summed E-state index contributed by atoms with van der Waals surface area (Å²) >= 11 is 6.39. The fraction of sp³-hybridized carbons (Fsp3) is 0.240. The molecule has 5 aromatic rings. The van der Waals surface area contributed by atoms with E-state index in [2.05, 4.69) is 21.5 Å². The van der Waals surface area contributed by atoms with Crippen LogP contribution in [0.15, 0.2) is 47.5 Å². The van der Waals surface area contributed by atoms with Crippen LogP contribution in [0.3, 0.4) is 0 Å². The molecule has 36 heavy (non-hydrogen) atoms. The van der Waals surface area contributed by atoms with Gasteiger partial charge in [0.1, 0.15) is 6.07 Å². The lowest BCUT2D eigenvalue weighted by Gasteiger charge is -2.12. The molecule has 0 aliphatic heterocycles. The Kier molecular flexibility index (Phi) is 5.96. The van der Waals surface area contributed by atoms with E-state index >= 15 is 0 Å². The van der Waals surface area contributed by atoms with Crippen molar-refractivity contribution in [3.63, 3.8) is 0 Å². The van der Waals surface area contributed by atoms with Gasteiger partial charge in [-0.1, -0.05) is 37.6 Å². The molecule has 10 nitrogen and oxygen atoms in total. The van der Waals surface area contributed by atoms with Crippen LogP contribution < -0.4 is 11.2 Å². The van der Waals surface area contributed by atoms with Crippen LogP contribution in [0.2, 0.25) is 5.02 Å². The van der Waals surface area contributed by atoms with Crippen molar-refractivity contribution in [3.05, 3.63) is 69.4 Å². The van der Waals surface area contributed by atoms with E-state index in [1.807, 2.05) is 43.7 Å². The molecule has 182 valence electrons. The van der Waals surface area contributed by atoms with Gasteiger partial charge in [0.05, 0.1) is 39.4 Å². The van der Waals surface area contributed by atoms with Crippen LogP contribution in [-0.2, 0) is 20.1 Å². The summed E-state index contributed by atoms with van der Waals surface area (Å²) in [6, 6.07) is 11.4. The summed E-state index contributed by atoms with van der Waals surface area (Å²) in [5, 5.41) is 26.2. The van der Waals surface area contributed by atoms with Gasteiger partial charge in [-0.3, -0.25) is 24.9 Å². The first kappa shape index (κ1) is 23.5. The van der Waals surface area contributed by atoms with E-state index in [-0.39, 0.29) is 11.7 Å². The van der Waals surface area contributed by atoms with Gasteiger partial charge in [-0.25, -0.2) is 4.79 Å². The highest BCUT2D eigenvalue weighted by molar-refractivity contribution is 6.35. The molecule has 0 aliphatic rings. The molecule has 0 aliphatic carbocycles. The first-order valence-electron chi connectivity index (χ1n) is 11.3. The summed E-state index contributed by atoms with van der Waals surface area (Å²) in [6.45, 7) is 4.71. The van der Waals surface area contributed by atoms with Gasteiger partial charge >= 0.3 is 5.69 Å². The monoisotopic (exact) mass is 502 g/mol. The molecule has 0 unspecified atom stereocenters. The second-order valence-electron chi connectivity index (χ2n) is 9.01. The van der Waals surface area contributed by atoms with Crippen molar-refractivity contribution in [3.8, 4) is 17.5 Å². The number of hydrogen-bond donors (Lipinski definition) is 2. The number of halogens is 1. The highest BCUT2D eigenvalue weighted by atomic mass is 35.5. The maximum Gasteiger partial charge on any atom is 0.351 e. The summed E-state index contributed by atoms with van der Waals surface area (Å²) in [5.41, 5.74) is 5.28.